The standard InChI is InChI=1S/C17H12ClN3O5S/c1-8-19-17(21-20-8)27-14(16(24)25)7-10-3-5-13(26-10)11-6-9(15(22)23)2-4-12(11)18/h2-7H,1H3,(H,22,23)(H,24,25)(H,19,20,21)/p-2/b14-7+. The minimum Gasteiger partial charge on any atom is -0.545 e. The number of benzene rings is 1. The molecule has 0 atom stereocenters. The highest BCUT2D eigenvalue weighted by molar-refractivity contribution is 8.04. The van der Waals surface area contributed by atoms with Crippen LogP contribution in [0.4, 0.5) is 0 Å². The van der Waals surface area contributed by atoms with E-state index in [0.717, 1.165) is 11.8 Å². The first-order valence-electron chi connectivity index (χ1n) is 7.44. The van der Waals surface area contributed by atoms with Gasteiger partial charge >= 0.3 is 0 Å². The van der Waals surface area contributed by atoms with Gasteiger partial charge in [0, 0.05) is 10.5 Å². The maximum atomic E-state index is 11.4. The van der Waals surface area contributed by atoms with Gasteiger partial charge in [-0.3, -0.25) is 5.10 Å². The Morgan fingerprint density at radius 3 is 2.67 bits per heavy atom. The van der Waals surface area contributed by atoms with Crippen LogP contribution in [0.3, 0.4) is 0 Å². The maximum absolute atomic E-state index is 11.4. The summed E-state index contributed by atoms with van der Waals surface area (Å²) in [4.78, 5) is 26.2. The van der Waals surface area contributed by atoms with Crippen LogP contribution in [-0.2, 0) is 4.79 Å². The number of carbonyl (C=O) groups is 2. The van der Waals surface area contributed by atoms with Crippen LogP contribution in [0.5, 0.6) is 0 Å². The molecule has 0 aliphatic carbocycles. The summed E-state index contributed by atoms with van der Waals surface area (Å²) in [5.74, 6) is -1.75. The Morgan fingerprint density at radius 1 is 1.26 bits per heavy atom. The maximum Gasteiger partial charge on any atom is 0.213 e. The molecule has 0 aliphatic rings. The summed E-state index contributed by atoms with van der Waals surface area (Å²) in [6.07, 6.45) is 1.26. The monoisotopic (exact) mass is 403 g/mol. The Kier molecular flexibility index (Phi) is 5.33. The molecule has 0 spiro atoms. The summed E-state index contributed by atoms with van der Waals surface area (Å²) in [7, 11) is 0. The van der Waals surface area contributed by atoms with Gasteiger partial charge in [-0.15, -0.1) is 5.10 Å². The third-order valence-electron chi connectivity index (χ3n) is 3.35. The van der Waals surface area contributed by atoms with Crippen molar-refractivity contribution in [1.29, 1.82) is 0 Å². The molecule has 138 valence electrons. The summed E-state index contributed by atoms with van der Waals surface area (Å²) >= 11 is 6.89. The fraction of sp³-hybridized carbons (Fsp3) is 0.0588. The number of nitrogens with zero attached hydrogens (tertiary/aromatic N) is 2. The number of hydrogen-bond acceptors (Lipinski definition) is 8. The second-order valence-corrected chi connectivity index (χ2v) is 6.70. The van der Waals surface area contributed by atoms with Gasteiger partial charge in [0.25, 0.3) is 0 Å². The van der Waals surface area contributed by atoms with Crippen molar-refractivity contribution in [3.8, 4) is 11.3 Å². The molecule has 0 amide bonds. The third-order valence-corrected chi connectivity index (χ3v) is 4.55. The molecule has 0 bridgehead atoms. The zero-order chi connectivity index (χ0) is 19.6. The molecule has 0 saturated heterocycles. The number of H-pyrrole nitrogens is 1. The van der Waals surface area contributed by atoms with Crippen LogP contribution in [0.1, 0.15) is 21.9 Å². The molecule has 0 aliphatic heterocycles. The largest absolute Gasteiger partial charge is 0.545 e. The van der Waals surface area contributed by atoms with Gasteiger partial charge in [0.1, 0.15) is 17.3 Å². The van der Waals surface area contributed by atoms with Crippen molar-refractivity contribution in [3.63, 3.8) is 0 Å². The lowest BCUT2D eigenvalue weighted by Crippen LogP contribution is -2.23. The number of aliphatic carboxylic acids is 1. The average molecular weight is 404 g/mol. The predicted octanol–water partition coefficient (Wildman–Crippen LogP) is 1.27. The van der Waals surface area contributed by atoms with Gasteiger partial charge in [0.2, 0.25) is 5.16 Å². The Hall–Kier alpha value is -3.04. The molecule has 1 N–H and O–H groups in total. The van der Waals surface area contributed by atoms with Crippen molar-refractivity contribution in [2.75, 3.05) is 0 Å². The number of carboxylic acids is 2. The number of nitrogens with one attached hydrogen (secondary N) is 1. The summed E-state index contributed by atoms with van der Waals surface area (Å²) in [5.41, 5.74) is 0.277. The Bertz CT molecular complexity index is 1060. The number of aromatic nitrogens is 3. The normalized spacial score (nSPS) is 11.6. The first-order chi connectivity index (χ1) is 12.8. The molecule has 3 rings (SSSR count). The number of hydrogen-bond donors (Lipinski definition) is 1. The van der Waals surface area contributed by atoms with Gasteiger partial charge in [0.15, 0.2) is 0 Å². The van der Waals surface area contributed by atoms with E-state index in [1.165, 1.54) is 30.3 Å². The highest BCUT2D eigenvalue weighted by Crippen LogP contribution is 2.32. The first-order valence-corrected chi connectivity index (χ1v) is 8.64. The first kappa shape index (κ1) is 18.7. The average Bonchev–Trinajstić information content (AvgIpc) is 3.23. The quantitative estimate of drug-likeness (QED) is 0.480. The van der Waals surface area contributed by atoms with E-state index in [0.29, 0.717) is 11.4 Å². The van der Waals surface area contributed by atoms with Gasteiger partial charge in [-0.2, -0.15) is 0 Å². The topological polar surface area (TPSA) is 135 Å². The zero-order valence-corrected chi connectivity index (χ0v) is 15.3. The van der Waals surface area contributed by atoms with E-state index in [4.69, 9.17) is 16.0 Å². The van der Waals surface area contributed by atoms with Crippen LogP contribution in [0.15, 0.2) is 44.8 Å². The van der Waals surface area contributed by atoms with Gasteiger partial charge in [0.05, 0.1) is 17.0 Å². The minimum atomic E-state index is -1.42. The third kappa shape index (κ3) is 4.39. The molecular weight excluding hydrogens is 394 g/mol. The molecule has 10 heteroatoms. The molecule has 3 aromatic rings. The summed E-state index contributed by atoms with van der Waals surface area (Å²) in [6, 6.07) is 7.10. The molecule has 27 heavy (non-hydrogen) atoms. The number of rotatable bonds is 6. The fourth-order valence-corrected chi connectivity index (χ4v) is 3.08. The van der Waals surface area contributed by atoms with Gasteiger partial charge in [-0.25, -0.2) is 4.98 Å². The van der Waals surface area contributed by atoms with Gasteiger partial charge < -0.3 is 24.2 Å². The number of thioether (sulfide) groups is 1. The number of carboxylic acid groups (broad SMARTS) is 2. The van der Waals surface area contributed by atoms with E-state index >= 15 is 0 Å². The number of aromatic amines is 1. The molecule has 0 fully saturated rings. The molecule has 0 unspecified atom stereocenters. The van der Waals surface area contributed by atoms with Gasteiger partial charge in [-0.1, -0.05) is 17.7 Å². The van der Waals surface area contributed by atoms with Crippen molar-refractivity contribution < 1.29 is 24.2 Å². The Morgan fingerprint density at radius 2 is 2.04 bits per heavy atom. The molecule has 2 heterocycles. The van der Waals surface area contributed by atoms with Crippen molar-refractivity contribution in [2.45, 2.75) is 12.1 Å². The minimum absolute atomic E-state index is 0.0613. The lowest BCUT2D eigenvalue weighted by atomic mass is 10.1. The molecule has 2 aromatic heterocycles. The van der Waals surface area contributed by atoms with Crippen molar-refractivity contribution in [3.05, 3.63) is 57.4 Å². The molecule has 1 aromatic carbocycles. The van der Waals surface area contributed by atoms with E-state index < -0.39 is 11.9 Å². The lowest BCUT2D eigenvalue weighted by molar-refractivity contribution is -0.298. The van der Waals surface area contributed by atoms with E-state index in [2.05, 4.69) is 15.2 Å². The molecular formula is C17H10ClN3O5S-2. The lowest BCUT2D eigenvalue weighted by Gasteiger charge is -2.06. The van der Waals surface area contributed by atoms with E-state index in [-0.39, 0.29) is 32.2 Å². The van der Waals surface area contributed by atoms with Crippen LogP contribution >= 0.6 is 23.4 Å². The van der Waals surface area contributed by atoms with Crippen LogP contribution < -0.4 is 10.2 Å². The number of aromatic carboxylic acids is 1. The van der Waals surface area contributed by atoms with Crippen molar-refractivity contribution in [2.24, 2.45) is 0 Å². The van der Waals surface area contributed by atoms with E-state index in [1.807, 2.05) is 0 Å². The number of furan rings is 1. The summed E-state index contributed by atoms with van der Waals surface area (Å²) in [6.45, 7) is 1.68. The second-order valence-electron chi connectivity index (χ2n) is 5.29. The smallest absolute Gasteiger partial charge is 0.213 e. The zero-order valence-electron chi connectivity index (χ0n) is 13.7. The molecule has 0 saturated carbocycles. The summed E-state index contributed by atoms with van der Waals surface area (Å²) in [5, 5.41) is 29.3. The number of halogens is 1. The second kappa shape index (κ2) is 7.68. The van der Waals surface area contributed by atoms with Crippen molar-refractivity contribution >= 4 is 41.4 Å². The fourth-order valence-electron chi connectivity index (χ4n) is 2.14. The van der Waals surface area contributed by atoms with Crippen LogP contribution in [0.25, 0.3) is 17.4 Å². The number of carbonyl (C=O) groups excluding carboxylic acids is 2. The van der Waals surface area contributed by atoms with Crippen molar-refractivity contribution in [1.82, 2.24) is 15.2 Å². The van der Waals surface area contributed by atoms with E-state index in [1.54, 1.807) is 13.0 Å². The molecule has 8 nitrogen and oxygen atoms in total. The Labute approximate surface area is 161 Å². The van der Waals surface area contributed by atoms with Crippen LogP contribution in [-0.4, -0.2) is 27.1 Å². The number of aryl methyl sites for hydroxylation is 1. The predicted molar refractivity (Wildman–Crippen MR) is 93.4 cm³/mol. The van der Waals surface area contributed by atoms with Crippen LogP contribution in [0, 0.1) is 6.92 Å². The van der Waals surface area contributed by atoms with Gasteiger partial charge in [-0.05, 0) is 54.6 Å². The SMILES string of the molecule is Cc1nc(S/C(=C/c2ccc(-c3cc(C(=O)[O-])ccc3Cl)o2)C(=O)[O-])n[nH]1. The van der Waals surface area contributed by atoms with Crippen LogP contribution in [0.2, 0.25) is 5.02 Å². The summed E-state index contributed by atoms with van der Waals surface area (Å²) < 4.78 is 5.58. The molecule has 0 radical (unpaired) electrons. The van der Waals surface area contributed by atoms with E-state index in [9.17, 15) is 19.8 Å². The Balaban J connectivity index is 1.92. The highest BCUT2D eigenvalue weighted by atomic mass is 35.5. The highest BCUT2D eigenvalue weighted by Gasteiger charge is 2.12.